The summed E-state index contributed by atoms with van der Waals surface area (Å²) in [6.45, 7) is 2.34. The van der Waals surface area contributed by atoms with Gasteiger partial charge in [-0.05, 0) is 48.6 Å². The van der Waals surface area contributed by atoms with Gasteiger partial charge in [-0.1, -0.05) is 109 Å². The Bertz CT molecular complexity index is 1250. The van der Waals surface area contributed by atoms with Crippen molar-refractivity contribution in [1.29, 1.82) is 0 Å². The van der Waals surface area contributed by atoms with Crippen molar-refractivity contribution in [2.45, 2.75) is 69.8 Å². The van der Waals surface area contributed by atoms with Crippen molar-refractivity contribution in [1.82, 2.24) is 10.2 Å². The molecule has 0 bridgehead atoms. The van der Waals surface area contributed by atoms with Crippen molar-refractivity contribution in [3.05, 3.63) is 105 Å². The maximum Gasteiger partial charge on any atom is 0.243 e. The molecule has 2 amide bonds. The van der Waals surface area contributed by atoms with Gasteiger partial charge in [0.2, 0.25) is 11.8 Å². The molecule has 1 saturated carbocycles. The molecule has 4 rings (SSSR count). The molecule has 0 radical (unpaired) electrons. The average Bonchev–Trinajstić information content (AvgIpc) is 2.93. The highest BCUT2D eigenvalue weighted by molar-refractivity contribution is 7.99. The molecule has 0 spiro atoms. The molecule has 1 fully saturated rings. The molecule has 7 heteroatoms. The van der Waals surface area contributed by atoms with Crippen LogP contribution in [0, 0.1) is 6.92 Å². The van der Waals surface area contributed by atoms with Crippen molar-refractivity contribution in [3.63, 3.8) is 0 Å². The third-order valence-electron chi connectivity index (χ3n) is 7.14. The Hall–Kier alpha value is -2.47. The van der Waals surface area contributed by atoms with Gasteiger partial charge in [-0.15, -0.1) is 11.8 Å². The first-order chi connectivity index (χ1) is 18.9. The van der Waals surface area contributed by atoms with Crippen LogP contribution in [-0.4, -0.2) is 34.6 Å². The quantitative estimate of drug-likeness (QED) is 0.253. The minimum atomic E-state index is -0.643. The molecule has 0 saturated heterocycles. The van der Waals surface area contributed by atoms with Crippen LogP contribution in [0.3, 0.4) is 0 Å². The molecule has 1 aliphatic carbocycles. The van der Waals surface area contributed by atoms with Crippen LogP contribution < -0.4 is 5.32 Å². The van der Waals surface area contributed by atoms with E-state index in [9.17, 15) is 9.59 Å². The Kier molecular flexibility index (Phi) is 11.2. The number of nitrogens with one attached hydrogen (secondary N) is 1. The van der Waals surface area contributed by atoms with E-state index in [0.29, 0.717) is 16.5 Å². The molecule has 1 atom stereocenters. The van der Waals surface area contributed by atoms with Gasteiger partial charge in [-0.2, -0.15) is 0 Å². The third kappa shape index (κ3) is 9.02. The molecule has 3 aromatic carbocycles. The third-order valence-corrected chi connectivity index (χ3v) is 8.86. The minimum Gasteiger partial charge on any atom is -0.352 e. The zero-order valence-electron chi connectivity index (χ0n) is 22.4. The first kappa shape index (κ1) is 29.5. The van der Waals surface area contributed by atoms with Gasteiger partial charge in [0.1, 0.15) is 6.04 Å². The van der Waals surface area contributed by atoms with Crippen LogP contribution in [0.25, 0.3) is 0 Å². The number of thioether (sulfide) groups is 1. The summed E-state index contributed by atoms with van der Waals surface area (Å²) in [5.41, 5.74) is 4.23. The van der Waals surface area contributed by atoms with Crippen molar-refractivity contribution >= 4 is 46.8 Å². The summed E-state index contributed by atoms with van der Waals surface area (Å²) >= 11 is 14.1. The molecule has 0 aromatic heterocycles. The van der Waals surface area contributed by atoms with E-state index in [-0.39, 0.29) is 30.2 Å². The number of benzene rings is 3. The summed E-state index contributed by atoms with van der Waals surface area (Å²) in [5, 5.41) is 4.18. The number of carbonyl (C=O) groups is 2. The molecule has 0 aliphatic heterocycles. The molecule has 4 nitrogen and oxygen atoms in total. The number of rotatable bonds is 11. The number of amides is 2. The van der Waals surface area contributed by atoms with Crippen molar-refractivity contribution in [2.75, 3.05) is 5.75 Å². The molecule has 1 N–H and O–H groups in total. The maximum absolute atomic E-state index is 13.9. The Morgan fingerprint density at radius 2 is 1.64 bits per heavy atom. The van der Waals surface area contributed by atoms with Crippen LogP contribution in [0.5, 0.6) is 0 Å². The fraction of sp³-hybridized carbons (Fsp3) is 0.375. The number of hydrogen-bond acceptors (Lipinski definition) is 3. The van der Waals surface area contributed by atoms with Crippen molar-refractivity contribution in [2.24, 2.45) is 0 Å². The highest BCUT2D eigenvalue weighted by Gasteiger charge is 2.32. The van der Waals surface area contributed by atoms with Crippen LogP contribution in [0.4, 0.5) is 0 Å². The Morgan fingerprint density at radius 1 is 0.897 bits per heavy atom. The van der Waals surface area contributed by atoms with Gasteiger partial charge >= 0.3 is 0 Å². The highest BCUT2D eigenvalue weighted by Crippen LogP contribution is 2.25. The van der Waals surface area contributed by atoms with E-state index < -0.39 is 6.04 Å². The zero-order chi connectivity index (χ0) is 27.6. The van der Waals surface area contributed by atoms with Crippen LogP contribution in [0.15, 0.2) is 72.8 Å². The van der Waals surface area contributed by atoms with Gasteiger partial charge in [-0.25, -0.2) is 0 Å². The lowest BCUT2D eigenvalue weighted by atomic mass is 9.94. The van der Waals surface area contributed by atoms with Crippen LogP contribution >= 0.6 is 35.0 Å². The second-order valence-corrected chi connectivity index (χ2v) is 12.1. The lowest BCUT2D eigenvalue weighted by molar-refractivity contribution is -0.139. The minimum absolute atomic E-state index is 0.0709. The summed E-state index contributed by atoms with van der Waals surface area (Å²) in [7, 11) is 0. The first-order valence-electron chi connectivity index (χ1n) is 13.6. The topological polar surface area (TPSA) is 49.4 Å². The van der Waals surface area contributed by atoms with E-state index in [0.717, 1.165) is 42.6 Å². The molecule has 3 aromatic rings. The maximum atomic E-state index is 13.9. The monoisotopic (exact) mass is 582 g/mol. The summed E-state index contributed by atoms with van der Waals surface area (Å²) in [6.07, 6.45) is 5.86. The first-order valence-corrected chi connectivity index (χ1v) is 15.5. The van der Waals surface area contributed by atoms with Crippen molar-refractivity contribution < 1.29 is 9.59 Å². The van der Waals surface area contributed by atoms with Crippen LogP contribution in [0.1, 0.15) is 54.4 Å². The van der Waals surface area contributed by atoms with Gasteiger partial charge in [0, 0.05) is 24.8 Å². The molecular weight excluding hydrogens is 547 g/mol. The molecule has 39 heavy (non-hydrogen) atoms. The summed E-state index contributed by atoms with van der Waals surface area (Å²) in [6, 6.07) is 23.1. The van der Waals surface area contributed by atoms with E-state index in [1.807, 2.05) is 42.5 Å². The second-order valence-electron chi connectivity index (χ2n) is 10.3. The van der Waals surface area contributed by atoms with E-state index >= 15 is 0 Å². The number of nitrogens with zero attached hydrogens (tertiary/aromatic N) is 1. The van der Waals surface area contributed by atoms with E-state index in [2.05, 4.69) is 30.4 Å². The van der Waals surface area contributed by atoms with Crippen LogP contribution in [-0.2, 0) is 28.3 Å². The number of hydrogen-bond donors (Lipinski definition) is 1. The van der Waals surface area contributed by atoms with Crippen LogP contribution in [0.2, 0.25) is 10.0 Å². The lowest BCUT2D eigenvalue weighted by Gasteiger charge is -2.33. The predicted octanol–water partition coefficient (Wildman–Crippen LogP) is 7.62. The number of aryl methyl sites for hydroxylation is 1. The molecule has 1 aliphatic rings. The summed E-state index contributed by atoms with van der Waals surface area (Å²) < 4.78 is 0. The van der Waals surface area contributed by atoms with E-state index in [1.54, 1.807) is 28.8 Å². The second kappa shape index (κ2) is 14.8. The summed E-state index contributed by atoms with van der Waals surface area (Å²) in [5.74, 6) is 0.837. The van der Waals surface area contributed by atoms with E-state index in [1.165, 1.54) is 17.5 Å². The molecule has 0 unspecified atom stereocenters. The SMILES string of the molecule is Cc1cccc(CSCC(=O)N(Cc2ccc(Cl)c(Cl)c2)[C@@H](Cc2ccccc2)C(=O)NC2CCCCC2)c1. The average molecular weight is 584 g/mol. The van der Waals surface area contributed by atoms with Gasteiger partial charge < -0.3 is 10.2 Å². The molecule has 0 heterocycles. The largest absolute Gasteiger partial charge is 0.352 e. The standard InChI is InChI=1S/C32H36Cl2N2O2S/c1-23-9-8-12-26(17-23)21-39-22-31(37)36(20-25-15-16-28(33)29(34)18-25)30(19-24-10-4-2-5-11-24)32(38)35-27-13-6-3-7-14-27/h2,4-5,8-12,15-18,27,30H,3,6-7,13-14,19-22H2,1H3,(H,35,38)/t30-/m0/s1. The fourth-order valence-electron chi connectivity index (χ4n) is 5.07. The number of carbonyl (C=O) groups excluding carboxylic acids is 2. The molecule has 206 valence electrons. The van der Waals surface area contributed by atoms with Gasteiger partial charge in [0.05, 0.1) is 15.8 Å². The smallest absolute Gasteiger partial charge is 0.243 e. The fourth-order valence-corrected chi connectivity index (χ4v) is 6.25. The van der Waals surface area contributed by atoms with E-state index in [4.69, 9.17) is 23.2 Å². The predicted molar refractivity (Wildman–Crippen MR) is 163 cm³/mol. The Labute approximate surface area is 246 Å². The normalized spacial score (nSPS) is 14.5. The zero-order valence-corrected chi connectivity index (χ0v) is 24.7. The number of halogens is 2. The summed E-state index contributed by atoms with van der Waals surface area (Å²) in [4.78, 5) is 29.4. The van der Waals surface area contributed by atoms with Gasteiger partial charge in [0.15, 0.2) is 0 Å². The van der Waals surface area contributed by atoms with Gasteiger partial charge in [-0.3, -0.25) is 9.59 Å². The van der Waals surface area contributed by atoms with Crippen molar-refractivity contribution in [3.8, 4) is 0 Å². The van der Waals surface area contributed by atoms with Gasteiger partial charge in [0.25, 0.3) is 0 Å². The molecular formula is C32H36Cl2N2O2S. The Balaban J connectivity index is 1.58. The Morgan fingerprint density at radius 3 is 2.36 bits per heavy atom. The highest BCUT2D eigenvalue weighted by atomic mass is 35.5. The lowest BCUT2D eigenvalue weighted by Crippen LogP contribution is -2.53.